The predicted octanol–water partition coefficient (Wildman–Crippen LogP) is 1.77. The van der Waals surface area contributed by atoms with E-state index in [0.29, 0.717) is 11.8 Å². The van der Waals surface area contributed by atoms with Crippen LogP contribution in [0.25, 0.3) is 0 Å². The lowest BCUT2D eigenvalue weighted by Crippen LogP contribution is -2.16. The molecular formula is C10H16N2O2S. The second-order valence-electron chi connectivity index (χ2n) is 4.01. The third-order valence-electron chi connectivity index (χ3n) is 2.88. The second-order valence-corrected chi connectivity index (χ2v) is 5.09. The molecule has 3 atom stereocenters. The standard InChI is InChI=1S/C10H16N2O2S/c1-3-6(2)9-11-10(14-12-9)7-4-15-5-8(7)13/h6-8,13H,3-5H2,1-2H3. The highest BCUT2D eigenvalue weighted by Gasteiger charge is 2.32. The van der Waals surface area contributed by atoms with Crippen molar-refractivity contribution in [2.75, 3.05) is 11.5 Å². The number of nitrogens with zero attached hydrogens (tertiary/aromatic N) is 2. The molecule has 0 bridgehead atoms. The molecule has 5 heteroatoms. The summed E-state index contributed by atoms with van der Waals surface area (Å²) in [5.41, 5.74) is 0. The first-order valence-corrected chi connectivity index (χ1v) is 6.47. The van der Waals surface area contributed by atoms with Gasteiger partial charge in [-0.05, 0) is 6.42 Å². The summed E-state index contributed by atoms with van der Waals surface area (Å²) in [5, 5.41) is 13.7. The average Bonchev–Trinajstić information content (AvgIpc) is 2.84. The van der Waals surface area contributed by atoms with E-state index in [1.165, 1.54) is 0 Å². The lowest BCUT2D eigenvalue weighted by molar-refractivity contribution is 0.164. The summed E-state index contributed by atoms with van der Waals surface area (Å²) in [7, 11) is 0. The van der Waals surface area contributed by atoms with Gasteiger partial charge in [0.2, 0.25) is 5.89 Å². The maximum atomic E-state index is 9.70. The lowest BCUT2D eigenvalue weighted by Gasteiger charge is -2.06. The topological polar surface area (TPSA) is 59.2 Å². The van der Waals surface area contributed by atoms with E-state index in [2.05, 4.69) is 24.0 Å². The summed E-state index contributed by atoms with van der Waals surface area (Å²) in [6.07, 6.45) is 0.668. The van der Waals surface area contributed by atoms with Crippen molar-refractivity contribution in [3.05, 3.63) is 11.7 Å². The average molecular weight is 228 g/mol. The molecule has 4 nitrogen and oxygen atoms in total. The molecule has 0 amide bonds. The van der Waals surface area contributed by atoms with Gasteiger partial charge in [-0.1, -0.05) is 19.0 Å². The fourth-order valence-electron chi connectivity index (χ4n) is 1.56. The molecule has 3 unspecified atom stereocenters. The molecule has 0 saturated carbocycles. The Kier molecular flexibility index (Phi) is 3.31. The normalized spacial score (nSPS) is 28.2. The van der Waals surface area contributed by atoms with E-state index < -0.39 is 0 Å². The molecule has 84 valence electrons. The van der Waals surface area contributed by atoms with Gasteiger partial charge >= 0.3 is 0 Å². The molecule has 1 N–H and O–H groups in total. The maximum Gasteiger partial charge on any atom is 0.233 e. The summed E-state index contributed by atoms with van der Waals surface area (Å²) < 4.78 is 5.21. The van der Waals surface area contributed by atoms with Gasteiger partial charge < -0.3 is 9.63 Å². The van der Waals surface area contributed by atoms with Gasteiger partial charge in [-0.2, -0.15) is 16.7 Å². The van der Waals surface area contributed by atoms with E-state index in [9.17, 15) is 5.11 Å². The first-order chi connectivity index (χ1) is 7.22. The van der Waals surface area contributed by atoms with E-state index >= 15 is 0 Å². The van der Waals surface area contributed by atoms with Crippen LogP contribution in [0.5, 0.6) is 0 Å². The molecule has 1 aromatic rings. The van der Waals surface area contributed by atoms with Crippen molar-refractivity contribution in [1.82, 2.24) is 10.1 Å². The van der Waals surface area contributed by atoms with Gasteiger partial charge in [-0.15, -0.1) is 0 Å². The van der Waals surface area contributed by atoms with Crippen LogP contribution in [-0.2, 0) is 0 Å². The third-order valence-corrected chi connectivity index (χ3v) is 4.05. The van der Waals surface area contributed by atoms with Crippen molar-refractivity contribution < 1.29 is 9.63 Å². The van der Waals surface area contributed by atoms with Crippen molar-refractivity contribution >= 4 is 11.8 Å². The van der Waals surface area contributed by atoms with Crippen LogP contribution >= 0.6 is 11.8 Å². The van der Waals surface area contributed by atoms with Crippen molar-refractivity contribution in [3.63, 3.8) is 0 Å². The zero-order chi connectivity index (χ0) is 10.8. The fraction of sp³-hybridized carbons (Fsp3) is 0.800. The highest BCUT2D eigenvalue weighted by Crippen LogP contribution is 2.32. The molecular weight excluding hydrogens is 212 g/mol. The Bertz CT molecular complexity index is 329. The van der Waals surface area contributed by atoms with Crippen molar-refractivity contribution in [2.24, 2.45) is 0 Å². The molecule has 15 heavy (non-hydrogen) atoms. The number of aliphatic hydroxyl groups is 1. The Morgan fingerprint density at radius 1 is 1.60 bits per heavy atom. The molecule has 2 heterocycles. The minimum absolute atomic E-state index is 0.0281. The monoisotopic (exact) mass is 228 g/mol. The summed E-state index contributed by atoms with van der Waals surface area (Å²) in [6, 6.07) is 0. The van der Waals surface area contributed by atoms with E-state index in [0.717, 1.165) is 23.8 Å². The zero-order valence-corrected chi connectivity index (χ0v) is 9.83. The van der Waals surface area contributed by atoms with Crippen molar-refractivity contribution in [2.45, 2.75) is 38.2 Å². The summed E-state index contributed by atoms with van der Waals surface area (Å²) in [4.78, 5) is 4.36. The molecule has 1 saturated heterocycles. The van der Waals surface area contributed by atoms with E-state index in [-0.39, 0.29) is 12.0 Å². The Labute approximate surface area is 93.4 Å². The first-order valence-electron chi connectivity index (χ1n) is 5.31. The highest BCUT2D eigenvalue weighted by molar-refractivity contribution is 7.99. The molecule has 0 radical (unpaired) electrons. The van der Waals surface area contributed by atoms with Crippen LogP contribution in [0.15, 0.2) is 4.52 Å². The van der Waals surface area contributed by atoms with Gasteiger partial charge in [0.15, 0.2) is 5.82 Å². The lowest BCUT2D eigenvalue weighted by atomic mass is 10.1. The molecule has 1 aliphatic heterocycles. The quantitative estimate of drug-likeness (QED) is 0.854. The molecule has 1 fully saturated rings. The smallest absolute Gasteiger partial charge is 0.233 e. The highest BCUT2D eigenvalue weighted by atomic mass is 32.2. The van der Waals surface area contributed by atoms with Gasteiger partial charge in [0.25, 0.3) is 0 Å². The summed E-state index contributed by atoms with van der Waals surface area (Å²) >= 11 is 1.73. The zero-order valence-electron chi connectivity index (χ0n) is 9.01. The third kappa shape index (κ3) is 2.18. The van der Waals surface area contributed by atoms with Crippen LogP contribution in [-0.4, -0.2) is 32.9 Å². The second kappa shape index (κ2) is 4.53. The van der Waals surface area contributed by atoms with Crippen LogP contribution in [0.3, 0.4) is 0 Å². The predicted molar refractivity (Wildman–Crippen MR) is 59.1 cm³/mol. The number of aromatic nitrogens is 2. The Hall–Kier alpha value is -0.550. The van der Waals surface area contributed by atoms with Crippen LogP contribution < -0.4 is 0 Å². The molecule has 1 aliphatic rings. The van der Waals surface area contributed by atoms with Gasteiger partial charge in [0.05, 0.1) is 12.0 Å². The molecule has 2 rings (SSSR count). The van der Waals surface area contributed by atoms with Gasteiger partial charge in [0.1, 0.15) is 0 Å². The molecule has 0 aliphatic carbocycles. The van der Waals surface area contributed by atoms with Crippen molar-refractivity contribution in [3.8, 4) is 0 Å². The molecule has 0 spiro atoms. The number of hydrogen-bond donors (Lipinski definition) is 1. The minimum Gasteiger partial charge on any atom is -0.391 e. The van der Waals surface area contributed by atoms with Crippen LogP contribution in [0.4, 0.5) is 0 Å². The Morgan fingerprint density at radius 2 is 2.40 bits per heavy atom. The van der Waals surface area contributed by atoms with Gasteiger partial charge in [0, 0.05) is 17.4 Å². The van der Waals surface area contributed by atoms with Gasteiger partial charge in [-0.25, -0.2) is 0 Å². The fourth-order valence-corrected chi connectivity index (χ4v) is 2.79. The van der Waals surface area contributed by atoms with Crippen molar-refractivity contribution in [1.29, 1.82) is 0 Å². The van der Waals surface area contributed by atoms with E-state index in [1.807, 2.05) is 0 Å². The Morgan fingerprint density at radius 3 is 3.00 bits per heavy atom. The van der Waals surface area contributed by atoms with E-state index in [1.54, 1.807) is 11.8 Å². The SMILES string of the molecule is CCC(C)c1noc(C2CSCC2O)n1. The minimum atomic E-state index is -0.333. The van der Waals surface area contributed by atoms with Crippen LogP contribution in [0.1, 0.15) is 43.8 Å². The first kappa shape index (κ1) is 11.0. The summed E-state index contributed by atoms with van der Waals surface area (Å²) in [5.74, 6) is 3.36. The number of thioether (sulfide) groups is 1. The Balaban J connectivity index is 2.12. The molecule has 0 aromatic carbocycles. The number of rotatable bonds is 3. The maximum absolute atomic E-state index is 9.70. The van der Waals surface area contributed by atoms with Crippen LogP contribution in [0, 0.1) is 0 Å². The largest absolute Gasteiger partial charge is 0.391 e. The van der Waals surface area contributed by atoms with Crippen LogP contribution in [0.2, 0.25) is 0 Å². The van der Waals surface area contributed by atoms with Gasteiger partial charge in [-0.3, -0.25) is 0 Å². The number of aliphatic hydroxyl groups excluding tert-OH is 1. The van der Waals surface area contributed by atoms with E-state index in [4.69, 9.17) is 4.52 Å². The summed E-state index contributed by atoms with van der Waals surface area (Å²) in [6.45, 7) is 4.18. The molecule has 1 aromatic heterocycles. The number of hydrogen-bond acceptors (Lipinski definition) is 5.